The summed E-state index contributed by atoms with van der Waals surface area (Å²) in [7, 11) is 0. The van der Waals surface area contributed by atoms with Gasteiger partial charge in [-0.05, 0) is 24.3 Å². The van der Waals surface area contributed by atoms with Crippen molar-refractivity contribution in [1.82, 2.24) is 0 Å². The van der Waals surface area contributed by atoms with Gasteiger partial charge in [0.25, 0.3) is 0 Å². The van der Waals surface area contributed by atoms with Crippen LogP contribution in [0.4, 0.5) is 11.4 Å². The van der Waals surface area contributed by atoms with Crippen molar-refractivity contribution in [3.8, 4) is 0 Å². The highest BCUT2D eigenvalue weighted by molar-refractivity contribution is 5.47. The van der Waals surface area contributed by atoms with Crippen molar-refractivity contribution in [3.63, 3.8) is 0 Å². The van der Waals surface area contributed by atoms with Gasteiger partial charge in [0.1, 0.15) is 0 Å². The Balaban J connectivity index is 2.02. The van der Waals surface area contributed by atoms with Gasteiger partial charge in [-0.15, -0.1) is 9.81 Å². The van der Waals surface area contributed by atoms with Crippen molar-refractivity contribution in [1.29, 1.82) is 0 Å². The Labute approximate surface area is 116 Å². The van der Waals surface area contributed by atoms with Crippen LogP contribution in [0.2, 0.25) is 0 Å². The zero-order valence-corrected chi connectivity index (χ0v) is 10.8. The molecule has 102 valence electrons. The molecule has 0 fully saturated rings. The van der Waals surface area contributed by atoms with Crippen molar-refractivity contribution < 1.29 is 0 Å². The number of para-hydroxylation sites is 2. The van der Waals surface area contributed by atoms with Crippen LogP contribution in [-0.4, -0.2) is 13.1 Å². The Morgan fingerprint density at radius 1 is 0.650 bits per heavy atom. The quantitative estimate of drug-likeness (QED) is 0.571. The molecule has 0 aromatic heterocycles. The van der Waals surface area contributed by atoms with Crippen LogP contribution >= 0.6 is 0 Å². The molecule has 0 N–H and O–H groups in total. The lowest BCUT2D eigenvalue weighted by atomic mass is 10.3. The average Bonchev–Trinajstić information content (AvgIpc) is 2.53. The third-order valence-electron chi connectivity index (χ3n) is 2.83. The van der Waals surface area contributed by atoms with Crippen LogP contribution in [0, 0.1) is 9.81 Å². The molecule has 0 atom stereocenters. The van der Waals surface area contributed by atoms with Gasteiger partial charge >= 0.3 is 0 Å². The monoisotopic (exact) mass is 270 g/mol. The molecule has 20 heavy (non-hydrogen) atoms. The molecule has 2 aromatic carbocycles. The van der Waals surface area contributed by atoms with Gasteiger partial charge in [0.05, 0.1) is 35.0 Å². The van der Waals surface area contributed by atoms with Gasteiger partial charge in [-0.1, -0.05) is 36.4 Å². The fourth-order valence-corrected chi connectivity index (χ4v) is 1.82. The predicted octanol–water partition coefficient (Wildman–Crippen LogP) is 3.36. The SMILES string of the molecule is O=NN(CCN(N=O)c1ccccc1)c1ccccc1. The van der Waals surface area contributed by atoms with Crippen LogP contribution in [0.3, 0.4) is 0 Å². The fourth-order valence-electron chi connectivity index (χ4n) is 1.82. The topological polar surface area (TPSA) is 65.3 Å². The smallest absolute Gasteiger partial charge is 0.0646 e. The maximum absolute atomic E-state index is 10.9. The normalized spacial score (nSPS) is 9.80. The highest BCUT2D eigenvalue weighted by Crippen LogP contribution is 2.16. The van der Waals surface area contributed by atoms with E-state index in [4.69, 9.17) is 0 Å². The van der Waals surface area contributed by atoms with Gasteiger partial charge in [0, 0.05) is 0 Å². The van der Waals surface area contributed by atoms with Gasteiger partial charge in [-0.25, -0.2) is 10.0 Å². The van der Waals surface area contributed by atoms with Gasteiger partial charge in [0.15, 0.2) is 0 Å². The van der Waals surface area contributed by atoms with Crippen LogP contribution in [0.25, 0.3) is 0 Å². The maximum Gasteiger partial charge on any atom is 0.0646 e. The number of nitrogens with zero attached hydrogens (tertiary/aromatic N) is 4. The first-order chi connectivity index (χ1) is 9.85. The first-order valence-electron chi connectivity index (χ1n) is 6.17. The predicted molar refractivity (Wildman–Crippen MR) is 79.2 cm³/mol. The lowest BCUT2D eigenvalue weighted by Crippen LogP contribution is -2.29. The maximum atomic E-state index is 10.9. The molecule has 0 aliphatic heterocycles. The second-order valence-corrected chi connectivity index (χ2v) is 4.08. The Hall–Kier alpha value is -2.76. The van der Waals surface area contributed by atoms with Gasteiger partial charge in [0.2, 0.25) is 0 Å². The summed E-state index contributed by atoms with van der Waals surface area (Å²) in [5.74, 6) is 0. The van der Waals surface area contributed by atoms with E-state index in [1.54, 1.807) is 24.3 Å². The molecule has 0 heterocycles. The average molecular weight is 270 g/mol. The van der Waals surface area contributed by atoms with Gasteiger partial charge in [-0.2, -0.15) is 0 Å². The Bertz CT molecular complexity index is 496. The first-order valence-corrected chi connectivity index (χ1v) is 6.17. The summed E-state index contributed by atoms with van der Waals surface area (Å²) < 4.78 is 0. The molecule has 0 bridgehead atoms. The summed E-state index contributed by atoms with van der Waals surface area (Å²) >= 11 is 0. The number of hydrogen-bond acceptors (Lipinski definition) is 4. The zero-order valence-electron chi connectivity index (χ0n) is 10.8. The molecular weight excluding hydrogens is 256 g/mol. The minimum Gasteiger partial charge on any atom is -0.227 e. The summed E-state index contributed by atoms with van der Waals surface area (Å²) in [5, 5.41) is 8.53. The van der Waals surface area contributed by atoms with E-state index in [2.05, 4.69) is 10.6 Å². The van der Waals surface area contributed by atoms with E-state index >= 15 is 0 Å². The van der Waals surface area contributed by atoms with E-state index in [1.165, 1.54) is 10.0 Å². The minimum absolute atomic E-state index is 0.272. The van der Waals surface area contributed by atoms with Crippen molar-refractivity contribution in [2.75, 3.05) is 23.1 Å². The van der Waals surface area contributed by atoms with Crippen LogP contribution in [0.1, 0.15) is 0 Å². The fraction of sp³-hybridized carbons (Fsp3) is 0.143. The van der Waals surface area contributed by atoms with Crippen LogP contribution < -0.4 is 10.0 Å². The molecular formula is C14H14N4O2. The number of anilines is 2. The molecule has 2 rings (SSSR count). The summed E-state index contributed by atoms with van der Waals surface area (Å²) in [4.78, 5) is 21.8. The largest absolute Gasteiger partial charge is 0.227 e. The number of hydrogen-bond donors (Lipinski definition) is 0. The number of nitroso groups, excluding NO2 is 2. The second kappa shape index (κ2) is 6.98. The van der Waals surface area contributed by atoms with Gasteiger partial charge in [-0.3, -0.25) is 0 Å². The van der Waals surface area contributed by atoms with E-state index in [1.807, 2.05) is 36.4 Å². The molecule has 6 heteroatoms. The molecule has 2 aromatic rings. The summed E-state index contributed by atoms with van der Waals surface area (Å²) in [5.41, 5.74) is 1.36. The van der Waals surface area contributed by atoms with Gasteiger partial charge < -0.3 is 0 Å². The van der Waals surface area contributed by atoms with Crippen molar-refractivity contribution in [3.05, 3.63) is 70.5 Å². The zero-order chi connectivity index (χ0) is 14.2. The van der Waals surface area contributed by atoms with E-state index in [-0.39, 0.29) is 13.1 Å². The van der Waals surface area contributed by atoms with Crippen molar-refractivity contribution in [2.24, 2.45) is 10.6 Å². The second-order valence-electron chi connectivity index (χ2n) is 4.08. The molecule has 0 amide bonds. The Morgan fingerprint density at radius 3 is 1.30 bits per heavy atom. The van der Waals surface area contributed by atoms with E-state index in [9.17, 15) is 9.81 Å². The highest BCUT2D eigenvalue weighted by Gasteiger charge is 2.11. The molecule has 0 aliphatic rings. The van der Waals surface area contributed by atoms with E-state index < -0.39 is 0 Å². The van der Waals surface area contributed by atoms with Crippen LogP contribution in [-0.2, 0) is 0 Å². The van der Waals surface area contributed by atoms with Crippen LogP contribution in [0.15, 0.2) is 71.2 Å². The first kappa shape index (κ1) is 13.7. The highest BCUT2D eigenvalue weighted by atomic mass is 16.3. The Kier molecular flexibility index (Phi) is 4.77. The lowest BCUT2D eigenvalue weighted by Gasteiger charge is -2.19. The van der Waals surface area contributed by atoms with E-state index in [0.29, 0.717) is 11.4 Å². The molecule has 0 spiro atoms. The van der Waals surface area contributed by atoms with Crippen molar-refractivity contribution >= 4 is 11.4 Å². The molecule has 6 nitrogen and oxygen atoms in total. The third kappa shape index (κ3) is 3.38. The molecule has 0 saturated heterocycles. The number of rotatable bonds is 7. The lowest BCUT2D eigenvalue weighted by molar-refractivity contribution is 0.764. The summed E-state index contributed by atoms with van der Waals surface area (Å²) in [6.45, 7) is 0.544. The minimum atomic E-state index is 0.272. The number of benzene rings is 2. The third-order valence-corrected chi connectivity index (χ3v) is 2.83. The molecule has 0 saturated carbocycles. The summed E-state index contributed by atoms with van der Waals surface area (Å²) in [6, 6.07) is 18.1. The van der Waals surface area contributed by atoms with E-state index in [0.717, 1.165) is 0 Å². The Morgan fingerprint density at radius 2 is 1.00 bits per heavy atom. The standard InChI is InChI=1S/C14H14N4O2/c19-15-17(13-7-3-1-4-8-13)11-12-18(16-20)14-9-5-2-6-10-14/h1-10H,11-12H2. The van der Waals surface area contributed by atoms with Crippen LogP contribution in [0.5, 0.6) is 0 Å². The van der Waals surface area contributed by atoms with Crippen molar-refractivity contribution in [2.45, 2.75) is 0 Å². The molecule has 0 aliphatic carbocycles. The molecule has 0 unspecified atom stereocenters. The summed E-state index contributed by atoms with van der Waals surface area (Å²) in [6.07, 6.45) is 0. The molecule has 0 radical (unpaired) electrons.